The first-order valence-electron chi connectivity index (χ1n) is 14.2. The van der Waals surface area contributed by atoms with E-state index in [4.69, 9.17) is 0 Å². The molecule has 44 heavy (non-hydrogen) atoms. The Morgan fingerprint density at radius 1 is 0.841 bits per heavy atom. The topological polar surface area (TPSA) is 106 Å². The van der Waals surface area contributed by atoms with Crippen LogP contribution in [0.1, 0.15) is 27.5 Å². The molecule has 5 aromatic rings. The van der Waals surface area contributed by atoms with Gasteiger partial charge in [-0.3, -0.25) is 24.1 Å². The molecule has 1 aliphatic heterocycles. The molecule has 1 aromatic heterocycles. The first-order chi connectivity index (χ1) is 21.3. The lowest BCUT2D eigenvalue weighted by molar-refractivity contribution is -0.139. The van der Waals surface area contributed by atoms with Gasteiger partial charge in [-0.15, -0.1) is 0 Å². The molecule has 4 aromatic carbocycles. The fraction of sp³-hybridized carbons (Fsp3) is 0.143. The number of ketones is 1. The lowest BCUT2D eigenvalue weighted by Gasteiger charge is -2.32. The number of aromatic nitrogens is 1. The summed E-state index contributed by atoms with van der Waals surface area (Å²) < 4.78 is 0. The standard InChI is InChI=1S/C35H31N5O4/c1-38(2)25-18-16-24(17-19-25)37-34(43)32(28-20-36-29-14-8-6-12-26(28)29)40(21-23-10-4-3-5-11-23)31(41)22-39-30-15-9-7-13-27(30)33(42)35(39)44/h3-20,32,36H,21-22H2,1-2H3,(H,37,43)/t32-/m0/s1. The predicted molar refractivity (Wildman–Crippen MR) is 171 cm³/mol. The van der Waals surface area contributed by atoms with Crippen LogP contribution in [0, 0.1) is 0 Å². The Morgan fingerprint density at radius 3 is 2.27 bits per heavy atom. The molecule has 2 heterocycles. The number of carbonyl (C=O) groups excluding carboxylic acids is 4. The van der Waals surface area contributed by atoms with Gasteiger partial charge < -0.3 is 20.1 Å². The molecule has 0 unspecified atom stereocenters. The molecule has 2 N–H and O–H groups in total. The predicted octanol–water partition coefficient (Wildman–Crippen LogP) is 5.17. The first kappa shape index (κ1) is 28.4. The lowest BCUT2D eigenvalue weighted by Crippen LogP contribution is -2.46. The van der Waals surface area contributed by atoms with Crippen LogP contribution in [0.15, 0.2) is 109 Å². The van der Waals surface area contributed by atoms with E-state index < -0.39 is 36.1 Å². The number of H-pyrrole nitrogens is 1. The van der Waals surface area contributed by atoms with E-state index in [1.165, 1.54) is 9.80 Å². The van der Waals surface area contributed by atoms with Crippen LogP contribution in [-0.4, -0.2) is 54.0 Å². The number of anilines is 3. The molecule has 0 radical (unpaired) electrons. The van der Waals surface area contributed by atoms with Crippen molar-refractivity contribution < 1.29 is 19.2 Å². The molecule has 0 saturated heterocycles. The lowest BCUT2D eigenvalue weighted by atomic mass is 10.0. The Morgan fingerprint density at radius 2 is 1.52 bits per heavy atom. The minimum absolute atomic E-state index is 0.0917. The van der Waals surface area contributed by atoms with Crippen molar-refractivity contribution in [1.29, 1.82) is 0 Å². The van der Waals surface area contributed by atoms with Gasteiger partial charge in [0.1, 0.15) is 12.6 Å². The molecule has 6 rings (SSSR count). The summed E-state index contributed by atoms with van der Waals surface area (Å²) in [6, 6.07) is 29.9. The maximum Gasteiger partial charge on any atom is 0.299 e. The van der Waals surface area contributed by atoms with E-state index in [9.17, 15) is 19.2 Å². The van der Waals surface area contributed by atoms with Crippen LogP contribution in [0.25, 0.3) is 10.9 Å². The quantitative estimate of drug-likeness (QED) is 0.232. The van der Waals surface area contributed by atoms with Gasteiger partial charge in [-0.1, -0.05) is 60.7 Å². The van der Waals surface area contributed by atoms with Gasteiger partial charge in [0.2, 0.25) is 5.91 Å². The molecular formula is C35H31N5O4. The van der Waals surface area contributed by atoms with E-state index in [-0.39, 0.29) is 12.1 Å². The van der Waals surface area contributed by atoms with Crippen LogP contribution in [0.5, 0.6) is 0 Å². The Balaban J connectivity index is 1.42. The smallest absolute Gasteiger partial charge is 0.299 e. The average Bonchev–Trinajstić information content (AvgIpc) is 3.56. The van der Waals surface area contributed by atoms with Crippen LogP contribution < -0.4 is 15.1 Å². The van der Waals surface area contributed by atoms with E-state index in [0.717, 1.165) is 22.2 Å². The number of para-hydroxylation sites is 2. The summed E-state index contributed by atoms with van der Waals surface area (Å²) in [5.74, 6) is -2.33. The largest absolute Gasteiger partial charge is 0.378 e. The molecule has 220 valence electrons. The maximum atomic E-state index is 14.3. The highest BCUT2D eigenvalue weighted by molar-refractivity contribution is 6.52. The van der Waals surface area contributed by atoms with E-state index in [0.29, 0.717) is 16.9 Å². The number of carbonyl (C=O) groups is 4. The summed E-state index contributed by atoms with van der Waals surface area (Å²) in [5.41, 5.74) is 4.41. The number of Topliss-reactive ketones (excluding diaryl/α,β-unsaturated/α-hetero) is 1. The van der Waals surface area contributed by atoms with Crippen LogP contribution in [0.4, 0.5) is 17.1 Å². The van der Waals surface area contributed by atoms with Crippen molar-refractivity contribution in [2.24, 2.45) is 0 Å². The van der Waals surface area contributed by atoms with E-state index in [1.807, 2.05) is 97.9 Å². The van der Waals surface area contributed by atoms with Crippen LogP contribution >= 0.6 is 0 Å². The summed E-state index contributed by atoms with van der Waals surface area (Å²) in [4.78, 5) is 62.2. The highest BCUT2D eigenvalue weighted by atomic mass is 16.2. The van der Waals surface area contributed by atoms with E-state index in [1.54, 1.807) is 30.5 Å². The summed E-state index contributed by atoms with van der Waals surface area (Å²) >= 11 is 0. The maximum absolute atomic E-state index is 14.3. The number of nitrogens with zero attached hydrogens (tertiary/aromatic N) is 3. The summed E-state index contributed by atoms with van der Waals surface area (Å²) in [7, 11) is 3.87. The minimum atomic E-state index is -1.07. The molecule has 0 saturated carbocycles. The summed E-state index contributed by atoms with van der Waals surface area (Å²) in [6.45, 7) is -0.313. The number of rotatable bonds is 9. The Labute approximate surface area is 254 Å². The van der Waals surface area contributed by atoms with Gasteiger partial charge in [0.15, 0.2) is 0 Å². The van der Waals surface area contributed by atoms with Crippen molar-refractivity contribution in [1.82, 2.24) is 9.88 Å². The van der Waals surface area contributed by atoms with Crippen molar-refractivity contribution in [2.45, 2.75) is 12.6 Å². The van der Waals surface area contributed by atoms with Gasteiger partial charge in [0, 0.05) is 54.7 Å². The number of hydrogen-bond donors (Lipinski definition) is 2. The number of fused-ring (bicyclic) bond motifs is 2. The molecule has 0 spiro atoms. The summed E-state index contributed by atoms with van der Waals surface area (Å²) in [5, 5.41) is 3.80. The molecule has 1 atom stereocenters. The zero-order chi connectivity index (χ0) is 30.8. The number of amides is 3. The Hall–Kier alpha value is -5.70. The third-order valence-electron chi connectivity index (χ3n) is 7.82. The van der Waals surface area contributed by atoms with Crippen molar-refractivity contribution in [3.8, 4) is 0 Å². The SMILES string of the molecule is CN(C)c1ccc(NC(=O)[C@H](c2c[nH]c3ccccc23)N(Cc2ccccc2)C(=O)CN2C(=O)C(=O)c3ccccc32)cc1. The zero-order valence-corrected chi connectivity index (χ0v) is 24.4. The molecular weight excluding hydrogens is 554 g/mol. The fourth-order valence-electron chi connectivity index (χ4n) is 5.56. The van der Waals surface area contributed by atoms with Gasteiger partial charge in [-0.2, -0.15) is 0 Å². The second kappa shape index (κ2) is 11.9. The van der Waals surface area contributed by atoms with Gasteiger partial charge in [0.25, 0.3) is 17.6 Å². The first-order valence-corrected chi connectivity index (χ1v) is 14.2. The molecule has 9 heteroatoms. The normalized spacial score (nSPS) is 13.1. The van der Waals surface area contributed by atoms with Crippen LogP contribution in [0.3, 0.4) is 0 Å². The van der Waals surface area contributed by atoms with Gasteiger partial charge in [0.05, 0.1) is 11.3 Å². The molecule has 3 amide bonds. The van der Waals surface area contributed by atoms with E-state index >= 15 is 0 Å². The Bertz CT molecular complexity index is 1860. The molecule has 0 bridgehead atoms. The van der Waals surface area contributed by atoms with Gasteiger partial charge in [-0.05, 0) is 48.0 Å². The second-order valence-electron chi connectivity index (χ2n) is 10.9. The molecule has 0 aliphatic carbocycles. The molecule has 1 aliphatic rings. The molecule has 0 fully saturated rings. The van der Waals surface area contributed by atoms with Crippen molar-refractivity contribution >= 4 is 51.5 Å². The van der Waals surface area contributed by atoms with Crippen LogP contribution in [-0.2, 0) is 20.9 Å². The monoisotopic (exact) mass is 585 g/mol. The van der Waals surface area contributed by atoms with Crippen molar-refractivity contribution in [2.75, 3.05) is 35.8 Å². The van der Waals surface area contributed by atoms with E-state index in [2.05, 4.69) is 10.3 Å². The van der Waals surface area contributed by atoms with Gasteiger partial charge >= 0.3 is 0 Å². The third-order valence-corrected chi connectivity index (χ3v) is 7.82. The average molecular weight is 586 g/mol. The van der Waals surface area contributed by atoms with Crippen molar-refractivity contribution in [3.05, 3.63) is 126 Å². The highest BCUT2D eigenvalue weighted by Gasteiger charge is 2.40. The molecule has 9 nitrogen and oxygen atoms in total. The Kier molecular flexibility index (Phi) is 7.68. The second-order valence-corrected chi connectivity index (χ2v) is 10.9. The summed E-state index contributed by atoms with van der Waals surface area (Å²) in [6.07, 6.45) is 1.75. The number of nitrogens with one attached hydrogen (secondary N) is 2. The zero-order valence-electron chi connectivity index (χ0n) is 24.4. The third kappa shape index (κ3) is 5.43. The minimum Gasteiger partial charge on any atom is -0.378 e. The van der Waals surface area contributed by atoms with Gasteiger partial charge in [-0.25, -0.2) is 0 Å². The fourth-order valence-corrected chi connectivity index (χ4v) is 5.56. The number of benzene rings is 4. The van der Waals surface area contributed by atoms with Crippen molar-refractivity contribution in [3.63, 3.8) is 0 Å². The number of hydrogen-bond acceptors (Lipinski definition) is 5. The highest BCUT2D eigenvalue weighted by Crippen LogP contribution is 2.33. The number of aromatic amines is 1. The van der Waals surface area contributed by atoms with Crippen LogP contribution in [0.2, 0.25) is 0 Å².